The van der Waals surface area contributed by atoms with Crippen molar-refractivity contribution in [3.05, 3.63) is 101 Å². The van der Waals surface area contributed by atoms with Crippen LogP contribution in [0.3, 0.4) is 0 Å². The number of carbonyl (C=O) groups excluding carboxylic acids is 3. The molecule has 4 rings (SSSR count). The number of rotatable bonds is 8. The Kier molecular flexibility index (Phi) is 8.00. The molecule has 10 heteroatoms. The van der Waals surface area contributed by atoms with Crippen LogP contribution in [0, 0.1) is 0 Å². The number of nitrogens with one attached hydrogen (secondary N) is 1. The van der Waals surface area contributed by atoms with Gasteiger partial charge in [0.25, 0.3) is 5.91 Å². The number of hydrogen-bond donors (Lipinski definition) is 1. The number of carbonyl (C=O) groups is 3. The molecule has 37 heavy (non-hydrogen) atoms. The van der Waals surface area contributed by atoms with E-state index in [1.165, 1.54) is 35.7 Å². The van der Waals surface area contributed by atoms with Crippen LogP contribution in [0.2, 0.25) is 0 Å². The van der Waals surface area contributed by atoms with Gasteiger partial charge in [-0.3, -0.25) is 4.79 Å². The number of amides is 1. The van der Waals surface area contributed by atoms with Crippen LogP contribution in [0.4, 0.5) is 0 Å². The SMILES string of the molecule is COC(=O)c1ccc(CNC(=O)COC(=O)c2cccc(S(=O)(=O)N3CCc4ccccc4C3)c2)cc1. The lowest BCUT2D eigenvalue weighted by Gasteiger charge is -2.28. The number of benzene rings is 3. The first kappa shape index (κ1) is 26.1. The fraction of sp³-hybridized carbons (Fsp3) is 0.222. The topological polar surface area (TPSA) is 119 Å². The molecular formula is C27H26N2O7S. The highest BCUT2D eigenvalue weighted by atomic mass is 32.2. The number of esters is 2. The van der Waals surface area contributed by atoms with E-state index in [0.717, 1.165) is 16.7 Å². The zero-order chi connectivity index (χ0) is 26.4. The lowest BCUT2D eigenvalue weighted by molar-refractivity contribution is -0.124. The Morgan fingerprint density at radius 3 is 2.35 bits per heavy atom. The zero-order valence-electron chi connectivity index (χ0n) is 20.2. The number of nitrogens with zero attached hydrogens (tertiary/aromatic N) is 1. The van der Waals surface area contributed by atoms with Gasteiger partial charge in [-0.05, 0) is 53.4 Å². The molecule has 1 N–H and O–H groups in total. The maximum Gasteiger partial charge on any atom is 0.338 e. The lowest BCUT2D eigenvalue weighted by atomic mass is 10.0. The van der Waals surface area contributed by atoms with Crippen LogP contribution in [-0.2, 0) is 43.8 Å². The van der Waals surface area contributed by atoms with Gasteiger partial charge in [0.2, 0.25) is 10.0 Å². The lowest BCUT2D eigenvalue weighted by Crippen LogP contribution is -2.36. The molecule has 192 valence electrons. The fourth-order valence-corrected chi connectivity index (χ4v) is 5.42. The highest BCUT2D eigenvalue weighted by molar-refractivity contribution is 7.89. The summed E-state index contributed by atoms with van der Waals surface area (Å²) in [6, 6.07) is 19.8. The fourth-order valence-electron chi connectivity index (χ4n) is 3.95. The van der Waals surface area contributed by atoms with Gasteiger partial charge in [0, 0.05) is 19.6 Å². The Bertz CT molecular complexity index is 1420. The van der Waals surface area contributed by atoms with Gasteiger partial charge in [-0.25, -0.2) is 18.0 Å². The average Bonchev–Trinajstić information content (AvgIpc) is 2.94. The molecule has 0 spiro atoms. The second kappa shape index (κ2) is 11.4. The van der Waals surface area contributed by atoms with Gasteiger partial charge in [-0.2, -0.15) is 4.31 Å². The van der Waals surface area contributed by atoms with Crippen LogP contribution in [-0.4, -0.2) is 50.8 Å². The summed E-state index contributed by atoms with van der Waals surface area (Å²) in [5.74, 6) is -1.79. The summed E-state index contributed by atoms with van der Waals surface area (Å²) in [7, 11) is -2.53. The molecule has 1 aliphatic rings. The molecule has 0 saturated heterocycles. The molecular weight excluding hydrogens is 496 g/mol. The normalized spacial score (nSPS) is 13.3. The van der Waals surface area contributed by atoms with E-state index in [-0.39, 0.29) is 23.5 Å². The van der Waals surface area contributed by atoms with Gasteiger partial charge in [-0.1, -0.05) is 42.5 Å². The van der Waals surface area contributed by atoms with Crippen LogP contribution in [0.5, 0.6) is 0 Å². The molecule has 0 radical (unpaired) electrons. The maximum atomic E-state index is 13.2. The third-order valence-electron chi connectivity index (χ3n) is 6.00. The number of sulfonamides is 1. The highest BCUT2D eigenvalue weighted by Gasteiger charge is 2.28. The number of ether oxygens (including phenoxy) is 2. The number of fused-ring (bicyclic) bond motifs is 1. The highest BCUT2D eigenvalue weighted by Crippen LogP contribution is 2.25. The van der Waals surface area contributed by atoms with Crippen molar-refractivity contribution in [2.24, 2.45) is 0 Å². The van der Waals surface area contributed by atoms with Crippen molar-refractivity contribution in [3.63, 3.8) is 0 Å². The third-order valence-corrected chi connectivity index (χ3v) is 7.84. The molecule has 0 fully saturated rings. The molecule has 0 aliphatic carbocycles. The van der Waals surface area contributed by atoms with Crippen LogP contribution >= 0.6 is 0 Å². The molecule has 0 unspecified atom stereocenters. The third kappa shape index (κ3) is 6.22. The first-order valence-corrected chi connectivity index (χ1v) is 13.0. The molecule has 3 aromatic rings. The van der Waals surface area contributed by atoms with Gasteiger partial charge in [-0.15, -0.1) is 0 Å². The summed E-state index contributed by atoms with van der Waals surface area (Å²) in [6.45, 7) is 0.252. The minimum Gasteiger partial charge on any atom is -0.465 e. The molecule has 0 aromatic heterocycles. The van der Waals surface area contributed by atoms with Gasteiger partial charge in [0.05, 0.1) is 23.1 Å². The molecule has 1 amide bonds. The van der Waals surface area contributed by atoms with E-state index >= 15 is 0 Å². The summed E-state index contributed by atoms with van der Waals surface area (Å²) in [6.07, 6.45) is 0.613. The molecule has 0 bridgehead atoms. The van der Waals surface area contributed by atoms with Gasteiger partial charge in [0.1, 0.15) is 0 Å². The maximum absolute atomic E-state index is 13.2. The summed E-state index contributed by atoms with van der Waals surface area (Å²) < 4.78 is 37.6. The molecule has 3 aromatic carbocycles. The smallest absolute Gasteiger partial charge is 0.338 e. The summed E-state index contributed by atoms with van der Waals surface area (Å²) >= 11 is 0. The van der Waals surface area contributed by atoms with Crippen molar-refractivity contribution in [1.29, 1.82) is 0 Å². The van der Waals surface area contributed by atoms with Crippen molar-refractivity contribution < 1.29 is 32.3 Å². The van der Waals surface area contributed by atoms with Crippen LogP contribution in [0.25, 0.3) is 0 Å². The predicted molar refractivity (Wildman–Crippen MR) is 134 cm³/mol. The van der Waals surface area contributed by atoms with E-state index in [4.69, 9.17) is 4.74 Å². The number of hydrogen-bond acceptors (Lipinski definition) is 7. The van der Waals surface area contributed by atoms with Gasteiger partial charge in [0.15, 0.2) is 6.61 Å². The second-order valence-electron chi connectivity index (χ2n) is 8.43. The Morgan fingerprint density at radius 2 is 1.62 bits per heavy atom. The average molecular weight is 523 g/mol. The summed E-state index contributed by atoms with van der Waals surface area (Å²) in [5, 5.41) is 2.62. The Balaban J connectivity index is 1.32. The van der Waals surface area contributed by atoms with E-state index in [2.05, 4.69) is 10.1 Å². The minimum atomic E-state index is -3.82. The van der Waals surface area contributed by atoms with Crippen molar-refractivity contribution in [1.82, 2.24) is 9.62 Å². The number of methoxy groups -OCH3 is 1. The molecule has 0 atom stereocenters. The van der Waals surface area contributed by atoms with Gasteiger partial charge < -0.3 is 14.8 Å². The van der Waals surface area contributed by atoms with Gasteiger partial charge >= 0.3 is 11.9 Å². The molecule has 0 saturated carbocycles. The quantitative estimate of drug-likeness (QED) is 0.452. The van der Waals surface area contributed by atoms with E-state index in [9.17, 15) is 22.8 Å². The van der Waals surface area contributed by atoms with Crippen molar-refractivity contribution in [2.45, 2.75) is 24.4 Å². The largest absolute Gasteiger partial charge is 0.465 e. The van der Waals surface area contributed by atoms with E-state index < -0.39 is 34.5 Å². The second-order valence-corrected chi connectivity index (χ2v) is 10.4. The Labute approximate surface area is 215 Å². The van der Waals surface area contributed by atoms with Crippen LogP contribution in [0.15, 0.2) is 77.7 Å². The van der Waals surface area contributed by atoms with Crippen LogP contribution < -0.4 is 5.32 Å². The Hall–Kier alpha value is -4.02. The standard InChI is InChI=1S/C27H26N2O7S/c1-35-26(31)21-11-9-19(10-12-21)16-28-25(30)18-36-27(32)22-7-4-8-24(15-22)37(33,34)29-14-13-20-5-2-3-6-23(20)17-29/h2-12,15H,13-14,16-18H2,1H3,(H,28,30). The molecule has 9 nitrogen and oxygen atoms in total. The van der Waals surface area contributed by atoms with Crippen LogP contribution in [0.1, 0.15) is 37.4 Å². The van der Waals surface area contributed by atoms with Crippen molar-refractivity contribution in [3.8, 4) is 0 Å². The minimum absolute atomic E-state index is 0.0128. The monoisotopic (exact) mass is 522 g/mol. The predicted octanol–water partition coefficient (Wildman–Crippen LogP) is 2.69. The summed E-state index contributed by atoms with van der Waals surface area (Å²) in [5.41, 5.74) is 3.25. The Morgan fingerprint density at radius 1 is 0.892 bits per heavy atom. The first-order valence-electron chi connectivity index (χ1n) is 11.6. The molecule has 1 aliphatic heterocycles. The van der Waals surface area contributed by atoms with Crippen molar-refractivity contribution in [2.75, 3.05) is 20.3 Å². The van der Waals surface area contributed by atoms with Crippen molar-refractivity contribution >= 4 is 27.9 Å². The van der Waals surface area contributed by atoms with E-state index in [0.29, 0.717) is 18.5 Å². The van der Waals surface area contributed by atoms with E-state index in [1.54, 1.807) is 24.3 Å². The molecule has 1 heterocycles. The first-order chi connectivity index (χ1) is 17.8. The zero-order valence-corrected chi connectivity index (χ0v) is 21.0. The summed E-state index contributed by atoms with van der Waals surface area (Å²) in [4.78, 5) is 36.1. The van der Waals surface area contributed by atoms with E-state index in [1.807, 2.05) is 24.3 Å².